The average Bonchev–Trinajstić information content (AvgIpc) is 3.45. The summed E-state index contributed by atoms with van der Waals surface area (Å²) in [6, 6.07) is 3.23. The number of benzene rings is 1. The van der Waals surface area contributed by atoms with E-state index in [9.17, 15) is 14.4 Å². The molecule has 4 rings (SSSR count). The van der Waals surface area contributed by atoms with Crippen molar-refractivity contribution < 1.29 is 33.3 Å². The van der Waals surface area contributed by atoms with Gasteiger partial charge in [0.25, 0.3) is 11.8 Å². The van der Waals surface area contributed by atoms with Crippen LogP contribution in [0.25, 0.3) is 0 Å². The average molecular weight is 428 g/mol. The molecule has 0 aromatic heterocycles. The number of hydrogen-bond donors (Lipinski definition) is 0. The number of rotatable bonds is 8. The van der Waals surface area contributed by atoms with Gasteiger partial charge < -0.3 is 18.9 Å². The highest BCUT2D eigenvalue weighted by Gasteiger charge is 2.59. The number of allylic oxidation sites excluding steroid dienone is 2. The van der Waals surface area contributed by atoms with Crippen molar-refractivity contribution in [1.82, 2.24) is 5.01 Å². The maximum atomic E-state index is 12.8. The number of imide groups is 1. The molecule has 2 fully saturated rings. The Morgan fingerprint density at radius 3 is 2.19 bits per heavy atom. The molecule has 3 aliphatic rings. The first-order valence-corrected chi connectivity index (χ1v) is 10.1. The Kier molecular flexibility index (Phi) is 5.67. The molecule has 1 aromatic rings. The van der Waals surface area contributed by atoms with Crippen molar-refractivity contribution in [2.75, 3.05) is 27.4 Å². The number of ether oxygens (including phenoxy) is 4. The van der Waals surface area contributed by atoms with Crippen molar-refractivity contribution in [2.24, 2.45) is 28.8 Å². The second kappa shape index (κ2) is 8.41. The van der Waals surface area contributed by atoms with Gasteiger partial charge in [-0.25, -0.2) is 4.79 Å². The van der Waals surface area contributed by atoms with E-state index in [1.165, 1.54) is 20.4 Å². The zero-order valence-electron chi connectivity index (χ0n) is 17.6. The van der Waals surface area contributed by atoms with Crippen LogP contribution in [0.2, 0.25) is 0 Å². The molecule has 2 aliphatic carbocycles. The maximum Gasteiger partial charge on any atom is 0.344 e. The van der Waals surface area contributed by atoms with Crippen LogP contribution in [0, 0.1) is 23.7 Å². The molecule has 0 radical (unpaired) electrons. The molecule has 4 unspecified atom stereocenters. The van der Waals surface area contributed by atoms with Gasteiger partial charge in [0.2, 0.25) is 5.75 Å². The van der Waals surface area contributed by atoms with Crippen molar-refractivity contribution in [3.8, 4) is 17.2 Å². The summed E-state index contributed by atoms with van der Waals surface area (Å²) in [7, 11) is 2.90. The van der Waals surface area contributed by atoms with Gasteiger partial charge in [-0.05, 0) is 37.3 Å². The zero-order chi connectivity index (χ0) is 22.1. The molecule has 1 aliphatic heterocycles. The summed E-state index contributed by atoms with van der Waals surface area (Å²) < 4.78 is 21.1. The predicted octanol–water partition coefficient (Wildman–Crippen LogP) is 1.79. The highest BCUT2D eigenvalue weighted by atomic mass is 16.6. The summed E-state index contributed by atoms with van der Waals surface area (Å²) in [5.74, 6) is -0.521. The van der Waals surface area contributed by atoms with Crippen molar-refractivity contribution in [3.63, 3.8) is 0 Å². The smallest absolute Gasteiger partial charge is 0.344 e. The fraction of sp³-hybridized carbons (Fsp3) is 0.455. The Hall–Kier alpha value is -3.36. The van der Waals surface area contributed by atoms with Gasteiger partial charge in [-0.2, -0.15) is 10.1 Å². The second-order valence-electron chi connectivity index (χ2n) is 7.58. The van der Waals surface area contributed by atoms with Gasteiger partial charge in [0.05, 0.1) is 38.9 Å². The number of hydrogen-bond acceptors (Lipinski definition) is 8. The van der Waals surface area contributed by atoms with Crippen LogP contribution in [-0.4, -0.2) is 56.4 Å². The first kappa shape index (κ1) is 20.9. The van der Waals surface area contributed by atoms with Crippen molar-refractivity contribution in [1.29, 1.82) is 0 Å². The van der Waals surface area contributed by atoms with Crippen molar-refractivity contribution in [2.45, 2.75) is 13.3 Å². The molecule has 1 aromatic carbocycles. The largest absolute Gasteiger partial charge is 0.493 e. The van der Waals surface area contributed by atoms with E-state index in [0.29, 0.717) is 17.1 Å². The number of nitrogens with zero attached hydrogens (tertiary/aromatic N) is 2. The number of amides is 2. The summed E-state index contributed by atoms with van der Waals surface area (Å²) in [4.78, 5) is 37.1. The lowest BCUT2D eigenvalue weighted by atomic mass is 9.85. The van der Waals surface area contributed by atoms with Gasteiger partial charge in [0.15, 0.2) is 18.1 Å². The van der Waals surface area contributed by atoms with Gasteiger partial charge in [-0.3, -0.25) is 9.59 Å². The van der Waals surface area contributed by atoms with Crippen LogP contribution in [0.5, 0.6) is 17.2 Å². The topological polar surface area (TPSA) is 104 Å². The van der Waals surface area contributed by atoms with Gasteiger partial charge in [0.1, 0.15) is 0 Å². The Labute approximate surface area is 179 Å². The maximum absolute atomic E-state index is 12.8. The number of hydrazone groups is 1. The summed E-state index contributed by atoms with van der Waals surface area (Å²) in [5.41, 5.74) is 0.538. The summed E-state index contributed by atoms with van der Waals surface area (Å²) >= 11 is 0. The molecule has 164 valence electrons. The first-order valence-electron chi connectivity index (χ1n) is 10.1. The van der Waals surface area contributed by atoms with E-state index < -0.39 is 5.97 Å². The van der Waals surface area contributed by atoms with Crippen molar-refractivity contribution in [3.05, 3.63) is 29.8 Å². The summed E-state index contributed by atoms with van der Waals surface area (Å²) in [5, 5.41) is 5.15. The van der Waals surface area contributed by atoms with Crippen LogP contribution < -0.4 is 14.2 Å². The third-order valence-corrected chi connectivity index (χ3v) is 5.89. The Balaban J connectivity index is 1.53. The standard InChI is InChI=1S/C22H24N2O7/c1-4-30-17(25)11-31-20-15(28-2)7-12(8-16(20)29-3)10-23-24-21(26)18-13-5-6-14(9-13)19(18)22(24)27/h5-8,10,13-14,18-19H,4,9,11H2,1-3H3. The highest BCUT2D eigenvalue weighted by Crippen LogP contribution is 2.52. The van der Waals surface area contributed by atoms with Gasteiger partial charge in [-0.15, -0.1) is 0 Å². The SMILES string of the molecule is CCOC(=O)COc1c(OC)cc(C=NN2C(=O)C3C4C=CC(C4)C3C2=O)cc1OC. The molecule has 0 spiro atoms. The lowest BCUT2D eigenvalue weighted by molar-refractivity contribution is -0.145. The molecule has 0 N–H and O–H groups in total. The minimum atomic E-state index is -0.516. The van der Waals surface area contributed by atoms with E-state index in [1.807, 2.05) is 12.2 Å². The van der Waals surface area contributed by atoms with Gasteiger partial charge in [0, 0.05) is 5.56 Å². The summed E-state index contributed by atoms with van der Waals surface area (Å²) in [6.07, 6.45) is 6.35. The minimum Gasteiger partial charge on any atom is -0.493 e. The number of carbonyl (C=O) groups excluding carboxylic acids is 3. The van der Waals surface area contributed by atoms with Gasteiger partial charge in [-0.1, -0.05) is 12.2 Å². The third-order valence-electron chi connectivity index (χ3n) is 5.89. The molecule has 2 bridgehead atoms. The van der Waals surface area contributed by atoms with Crippen LogP contribution in [0.15, 0.2) is 29.4 Å². The fourth-order valence-electron chi connectivity index (χ4n) is 4.58. The van der Waals surface area contributed by atoms with Crippen LogP contribution in [0.4, 0.5) is 0 Å². The monoisotopic (exact) mass is 428 g/mol. The third kappa shape index (κ3) is 3.64. The van der Waals surface area contributed by atoms with E-state index in [0.717, 1.165) is 11.4 Å². The van der Waals surface area contributed by atoms with Crippen LogP contribution in [0.1, 0.15) is 18.9 Å². The highest BCUT2D eigenvalue weighted by molar-refractivity contribution is 6.06. The number of fused-ring (bicyclic) bond motifs is 5. The van der Waals surface area contributed by atoms with Gasteiger partial charge >= 0.3 is 5.97 Å². The number of esters is 1. The molecule has 1 saturated heterocycles. The summed E-state index contributed by atoms with van der Waals surface area (Å²) in [6.45, 7) is 1.65. The molecule has 4 atom stereocenters. The number of carbonyl (C=O) groups is 3. The Bertz CT molecular complexity index is 916. The molecular formula is C22H24N2O7. The van der Waals surface area contributed by atoms with E-state index in [4.69, 9.17) is 18.9 Å². The zero-order valence-corrected chi connectivity index (χ0v) is 17.6. The van der Waals surface area contributed by atoms with E-state index in [-0.39, 0.29) is 54.4 Å². The predicted molar refractivity (Wildman–Crippen MR) is 109 cm³/mol. The molecule has 1 saturated carbocycles. The molecule has 31 heavy (non-hydrogen) atoms. The Morgan fingerprint density at radius 1 is 1.10 bits per heavy atom. The molecular weight excluding hydrogens is 404 g/mol. The van der Waals surface area contributed by atoms with Crippen LogP contribution >= 0.6 is 0 Å². The molecule has 2 amide bonds. The Morgan fingerprint density at radius 2 is 1.68 bits per heavy atom. The molecule has 9 heteroatoms. The number of methoxy groups -OCH3 is 2. The quantitative estimate of drug-likeness (QED) is 0.269. The van der Waals surface area contributed by atoms with E-state index in [1.54, 1.807) is 19.1 Å². The van der Waals surface area contributed by atoms with E-state index >= 15 is 0 Å². The lowest BCUT2D eigenvalue weighted by Crippen LogP contribution is -2.28. The fourth-order valence-corrected chi connectivity index (χ4v) is 4.58. The minimum absolute atomic E-state index is 0.127. The second-order valence-corrected chi connectivity index (χ2v) is 7.58. The van der Waals surface area contributed by atoms with Crippen LogP contribution in [0.3, 0.4) is 0 Å². The van der Waals surface area contributed by atoms with Crippen molar-refractivity contribution >= 4 is 24.0 Å². The lowest BCUT2D eigenvalue weighted by Gasteiger charge is -2.15. The van der Waals surface area contributed by atoms with Crippen LogP contribution in [-0.2, 0) is 19.1 Å². The first-order chi connectivity index (χ1) is 15.0. The normalized spacial score (nSPS) is 26.0. The van der Waals surface area contributed by atoms with E-state index in [2.05, 4.69) is 5.10 Å². The molecule has 1 heterocycles. The molecule has 9 nitrogen and oxygen atoms in total.